The van der Waals surface area contributed by atoms with Gasteiger partial charge in [0, 0.05) is 5.56 Å². The number of unbranched alkanes of at least 4 members (excludes halogenated alkanes) is 2. The van der Waals surface area contributed by atoms with Gasteiger partial charge in [0.25, 0.3) is 0 Å². The molecule has 1 aromatic carbocycles. The van der Waals surface area contributed by atoms with Gasteiger partial charge in [-0.25, -0.2) is 0 Å². The Morgan fingerprint density at radius 1 is 1.18 bits per heavy atom. The SMILES string of the molecule is C=Cc1ccccc1OCCCCCN(C)C. The summed E-state index contributed by atoms with van der Waals surface area (Å²) in [7, 11) is 4.22. The first-order valence-corrected chi connectivity index (χ1v) is 6.23. The van der Waals surface area contributed by atoms with E-state index in [1.165, 1.54) is 12.8 Å². The third-order valence-corrected chi connectivity index (χ3v) is 2.65. The summed E-state index contributed by atoms with van der Waals surface area (Å²) in [4.78, 5) is 2.22. The quantitative estimate of drug-likeness (QED) is 0.638. The van der Waals surface area contributed by atoms with Gasteiger partial charge in [0.2, 0.25) is 0 Å². The highest BCUT2D eigenvalue weighted by Crippen LogP contribution is 2.19. The van der Waals surface area contributed by atoms with E-state index in [1.807, 2.05) is 30.3 Å². The van der Waals surface area contributed by atoms with Gasteiger partial charge in [-0.15, -0.1) is 0 Å². The first kappa shape index (κ1) is 13.8. The van der Waals surface area contributed by atoms with Crippen LogP contribution in [0.4, 0.5) is 0 Å². The van der Waals surface area contributed by atoms with Gasteiger partial charge in [0.15, 0.2) is 0 Å². The Hall–Kier alpha value is -1.28. The fraction of sp³-hybridized carbons (Fsp3) is 0.467. The zero-order valence-electron chi connectivity index (χ0n) is 11.0. The van der Waals surface area contributed by atoms with Crippen LogP contribution in [0.3, 0.4) is 0 Å². The van der Waals surface area contributed by atoms with Gasteiger partial charge in [0.05, 0.1) is 6.61 Å². The number of ether oxygens (including phenoxy) is 1. The van der Waals surface area contributed by atoms with E-state index in [-0.39, 0.29) is 0 Å². The van der Waals surface area contributed by atoms with Crippen LogP contribution in [0.1, 0.15) is 24.8 Å². The Morgan fingerprint density at radius 2 is 1.94 bits per heavy atom. The molecule has 0 atom stereocenters. The maximum absolute atomic E-state index is 5.75. The van der Waals surface area contributed by atoms with Crippen molar-refractivity contribution >= 4 is 6.08 Å². The largest absolute Gasteiger partial charge is 0.493 e. The Bertz CT molecular complexity index is 333. The lowest BCUT2D eigenvalue weighted by atomic mass is 10.2. The highest BCUT2D eigenvalue weighted by molar-refractivity contribution is 5.55. The van der Waals surface area contributed by atoms with Crippen LogP contribution in [0.15, 0.2) is 30.8 Å². The Morgan fingerprint density at radius 3 is 2.65 bits per heavy atom. The molecule has 0 N–H and O–H groups in total. The van der Waals surface area contributed by atoms with Gasteiger partial charge in [-0.05, 0) is 46.0 Å². The van der Waals surface area contributed by atoms with Crippen molar-refractivity contribution in [2.24, 2.45) is 0 Å². The van der Waals surface area contributed by atoms with Crippen LogP contribution in [-0.2, 0) is 0 Å². The minimum absolute atomic E-state index is 0.790. The lowest BCUT2D eigenvalue weighted by Crippen LogP contribution is -2.13. The topological polar surface area (TPSA) is 12.5 Å². The van der Waals surface area contributed by atoms with E-state index in [2.05, 4.69) is 25.6 Å². The van der Waals surface area contributed by atoms with Crippen molar-refractivity contribution < 1.29 is 4.74 Å². The monoisotopic (exact) mass is 233 g/mol. The van der Waals surface area contributed by atoms with Crippen molar-refractivity contribution in [3.63, 3.8) is 0 Å². The van der Waals surface area contributed by atoms with E-state index in [1.54, 1.807) is 0 Å². The molecule has 0 fully saturated rings. The van der Waals surface area contributed by atoms with Crippen molar-refractivity contribution in [3.05, 3.63) is 36.4 Å². The third kappa shape index (κ3) is 5.55. The Balaban J connectivity index is 2.20. The Kier molecular flexibility index (Phi) is 6.41. The minimum Gasteiger partial charge on any atom is -0.493 e. The number of nitrogens with zero attached hydrogens (tertiary/aromatic N) is 1. The predicted molar refractivity (Wildman–Crippen MR) is 74.4 cm³/mol. The molecule has 0 aliphatic heterocycles. The summed E-state index contributed by atoms with van der Waals surface area (Å²) in [5.41, 5.74) is 1.07. The number of para-hydroxylation sites is 1. The molecule has 1 aromatic rings. The van der Waals surface area contributed by atoms with Crippen molar-refractivity contribution in [2.75, 3.05) is 27.2 Å². The first-order chi connectivity index (χ1) is 8.24. The van der Waals surface area contributed by atoms with Crippen LogP contribution in [0, 0.1) is 0 Å². The maximum atomic E-state index is 5.75. The molecule has 0 aliphatic carbocycles. The Labute approximate surface area is 105 Å². The van der Waals surface area contributed by atoms with E-state index < -0.39 is 0 Å². The molecule has 94 valence electrons. The van der Waals surface area contributed by atoms with E-state index in [0.29, 0.717) is 0 Å². The van der Waals surface area contributed by atoms with Crippen LogP contribution in [0.2, 0.25) is 0 Å². The molecule has 0 unspecified atom stereocenters. The second-order valence-corrected chi connectivity index (χ2v) is 4.45. The molecule has 1 rings (SSSR count). The van der Waals surface area contributed by atoms with E-state index in [0.717, 1.165) is 30.9 Å². The second kappa shape index (κ2) is 7.91. The summed E-state index contributed by atoms with van der Waals surface area (Å²) in [5, 5.41) is 0. The fourth-order valence-electron chi connectivity index (χ4n) is 1.67. The van der Waals surface area contributed by atoms with Crippen LogP contribution in [0.5, 0.6) is 5.75 Å². The molecular formula is C15H23NO. The van der Waals surface area contributed by atoms with Crippen molar-refractivity contribution in [1.29, 1.82) is 0 Å². The molecule has 0 saturated carbocycles. The molecule has 0 spiro atoms. The number of hydrogen-bond donors (Lipinski definition) is 0. The molecule has 0 aliphatic rings. The predicted octanol–water partition coefficient (Wildman–Crippen LogP) is 3.44. The summed E-state index contributed by atoms with van der Waals surface area (Å²) < 4.78 is 5.75. The molecule has 17 heavy (non-hydrogen) atoms. The highest BCUT2D eigenvalue weighted by atomic mass is 16.5. The first-order valence-electron chi connectivity index (χ1n) is 6.23. The van der Waals surface area contributed by atoms with Gasteiger partial charge in [0.1, 0.15) is 5.75 Å². The summed E-state index contributed by atoms with van der Waals surface area (Å²) in [6.07, 6.45) is 5.40. The molecule has 0 heterocycles. The zero-order valence-corrected chi connectivity index (χ0v) is 11.0. The molecule has 2 heteroatoms. The van der Waals surface area contributed by atoms with Gasteiger partial charge in [-0.2, -0.15) is 0 Å². The van der Waals surface area contributed by atoms with Crippen LogP contribution in [-0.4, -0.2) is 32.1 Å². The summed E-state index contributed by atoms with van der Waals surface area (Å²) in [6, 6.07) is 8.01. The molecule has 2 nitrogen and oxygen atoms in total. The maximum Gasteiger partial charge on any atom is 0.126 e. The number of benzene rings is 1. The highest BCUT2D eigenvalue weighted by Gasteiger charge is 1.98. The van der Waals surface area contributed by atoms with E-state index in [4.69, 9.17) is 4.74 Å². The van der Waals surface area contributed by atoms with Crippen molar-refractivity contribution in [3.8, 4) is 5.75 Å². The van der Waals surface area contributed by atoms with Crippen LogP contribution < -0.4 is 4.74 Å². The lowest BCUT2D eigenvalue weighted by molar-refractivity contribution is 0.298. The standard InChI is InChI=1S/C15H23NO/c1-4-14-10-6-7-11-15(14)17-13-9-5-8-12-16(2)3/h4,6-7,10-11H,1,5,8-9,12-13H2,2-3H3. The fourth-order valence-corrected chi connectivity index (χ4v) is 1.67. The molecular weight excluding hydrogens is 210 g/mol. The van der Waals surface area contributed by atoms with Gasteiger partial charge in [-0.1, -0.05) is 30.9 Å². The summed E-state index contributed by atoms with van der Waals surface area (Å²) >= 11 is 0. The molecule has 0 aromatic heterocycles. The van der Waals surface area contributed by atoms with Gasteiger partial charge in [-0.3, -0.25) is 0 Å². The zero-order chi connectivity index (χ0) is 12.5. The lowest BCUT2D eigenvalue weighted by Gasteiger charge is -2.10. The molecule has 0 radical (unpaired) electrons. The van der Waals surface area contributed by atoms with Crippen molar-refractivity contribution in [1.82, 2.24) is 4.90 Å². The number of hydrogen-bond acceptors (Lipinski definition) is 2. The van der Waals surface area contributed by atoms with Gasteiger partial charge < -0.3 is 9.64 Å². The van der Waals surface area contributed by atoms with Gasteiger partial charge >= 0.3 is 0 Å². The average molecular weight is 233 g/mol. The van der Waals surface area contributed by atoms with Crippen LogP contribution >= 0.6 is 0 Å². The third-order valence-electron chi connectivity index (χ3n) is 2.65. The van der Waals surface area contributed by atoms with E-state index >= 15 is 0 Å². The normalized spacial score (nSPS) is 10.5. The second-order valence-electron chi connectivity index (χ2n) is 4.45. The van der Waals surface area contributed by atoms with Crippen LogP contribution in [0.25, 0.3) is 6.08 Å². The molecule has 0 saturated heterocycles. The summed E-state index contributed by atoms with van der Waals surface area (Å²) in [6.45, 7) is 5.73. The number of rotatable bonds is 8. The summed E-state index contributed by atoms with van der Waals surface area (Å²) in [5.74, 6) is 0.940. The average Bonchev–Trinajstić information content (AvgIpc) is 2.33. The van der Waals surface area contributed by atoms with E-state index in [9.17, 15) is 0 Å². The minimum atomic E-state index is 0.790. The smallest absolute Gasteiger partial charge is 0.126 e. The molecule has 0 amide bonds. The van der Waals surface area contributed by atoms with Crippen molar-refractivity contribution in [2.45, 2.75) is 19.3 Å². The molecule has 0 bridgehead atoms.